The lowest BCUT2D eigenvalue weighted by Crippen LogP contribution is -2.34. The Balaban J connectivity index is 2.10. The van der Waals surface area contributed by atoms with Crippen LogP contribution in [0.3, 0.4) is 0 Å². The number of nitrogens with two attached hydrogens (primary N) is 2. The van der Waals surface area contributed by atoms with Crippen LogP contribution >= 0.6 is 11.3 Å². The summed E-state index contributed by atoms with van der Waals surface area (Å²) in [6, 6.07) is 3.25. The second-order valence-corrected chi connectivity index (χ2v) is 6.10. The molecular formula is C12H17N3O2S. The second kappa shape index (κ2) is 4.70. The number of amides is 2. The highest BCUT2D eigenvalue weighted by Crippen LogP contribution is 2.30. The zero-order valence-electron chi connectivity index (χ0n) is 10.3. The predicted molar refractivity (Wildman–Crippen MR) is 70.5 cm³/mol. The molecule has 4 N–H and O–H groups in total. The Morgan fingerprint density at radius 2 is 2.11 bits per heavy atom. The minimum Gasteiger partial charge on any atom is -0.365 e. The first kappa shape index (κ1) is 13.0. The fourth-order valence-corrected chi connectivity index (χ4v) is 2.93. The fourth-order valence-electron chi connectivity index (χ4n) is 2.10. The lowest BCUT2D eigenvalue weighted by molar-refractivity contribution is 0.0781. The minimum absolute atomic E-state index is 0.0133. The van der Waals surface area contributed by atoms with Crippen molar-refractivity contribution < 1.29 is 9.59 Å². The van der Waals surface area contributed by atoms with Crippen LogP contribution in [0.5, 0.6) is 0 Å². The molecule has 1 atom stereocenters. The van der Waals surface area contributed by atoms with Gasteiger partial charge in [0.15, 0.2) is 0 Å². The van der Waals surface area contributed by atoms with Gasteiger partial charge in [-0.1, -0.05) is 6.92 Å². The van der Waals surface area contributed by atoms with Crippen molar-refractivity contribution in [3.8, 4) is 0 Å². The molecule has 0 radical (unpaired) electrons. The Bertz CT molecular complexity index is 485. The molecule has 0 saturated carbocycles. The Hall–Kier alpha value is -1.40. The van der Waals surface area contributed by atoms with E-state index in [9.17, 15) is 9.59 Å². The van der Waals surface area contributed by atoms with Gasteiger partial charge in [-0.25, -0.2) is 0 Å². The first-order valence-corrected chi connectivity index (χ1v) is 6.66. The van der Waals surface area contributed by atoms with Crippen LogP contribution in [0.25, 0.3) is 0 Å². The number of rotatable bonds is 3. The van der Waals surface area contributed by atoms with Gasteiger partial charge in [-0.05, 0) is 30.5 Å². The van der Waals surface area contributed by atoms with Crippen LogP contribution in [-0.4, -0.2) is 36.3 Å². The molecule has 1 aliphatic rings. The van der Waals surface area contributed by atoms with E-state index in [1.807, 2.05) is 0 Å². The molecule has 2 rings (SSSR count). The van der Waals surface area contributed by atoms with Crippen LogP contribution in [0.15, 0.2) is 12.1 Å². The van der Waals surface area contributed by atoms with Crippen molar-refractivity contribution in [1.29, 1.82) is 0 Å². The van der Waals surface area contributed by atoms with Gasteiger partial charge in [-0.3, -0.25) is 9.59 Å². The van der Waals surface area contributed by atoms with Crippen LogP contribution < -0.4 is 11.5 Å². The quantitative estimate of drug-likeness (QED) is 0.843. The standard InChI is InChI=1S/C12H17N3O2S/c1-12(6-13)4-5-15(7-12)11(17)9-3-2-8(18-9)10(14)16/h2-3H,4-7,13H2,1H3,(H2,14,16). The van der Waals surface area contributed by atoms with Gasteiger partial charge in [0.05, 0.1) is 9.75 Å². The molecule has 2 amide bonds. The summed E-state index contributed by atoms with van der Waals surface area (Å²) in [5.74, 6) is -0.531. The van der Waals surface area contributed by atoms with Crippen molar-refractivity contribution in [1.82, 2.24) is 4.90 Å². The third kappa shape index (κ3) is 2.39. The van der Waals surface area contributed by atoms with E-state index >= 15 is 0 Å². The van der Waals surface area contributed by atoms with E-state index in [1.165, 1.54) is 0 Å². The van der Waals surface area contributed by atoms with Crippen molar-refractivity contribution in [2.24, 2.45) is 16.9 Å². The zero-order chi connectivity index (χ0) is 13.3. The van der Waals surface area contributed by atoms with Crippen molar-refractivity contribution in [3.05, 3.63) is 21.9 Å². The summed E-state index contributed by atoms with van der Waals surface area (Å²) in [6.07, 6.45) is 0.920. The molecule has 1 aromatic rings. The van der Waals surface area contributed by atoms with Crippen molar-refractivity contribution >= 4 is 23.2 Å². The van der Waals surface area contributed by atoms with Gasteiger partial charge in [0.1, 0.15) is 0 Å². The molecule has 6 heteroatoms. The molecule has 2 heterocycles. The first-order chi connectivity index (χ1) is 8.45. The molecule has 98 valence electrons. The molecule has 1 unspecified atom stereocenters. The molecule has 1 saturated heterocycles. The molecule has 1 aliphatic heterocycles. The van der Waals surface area contributed by atoms with E-state index in [1.54, 1.807) is 17.0 Å². The number of thiophene rings is 1. The van der Waals surface area contributed by atoms with E-state index < -0.39 is 5.91 Å². The number of primary amides is 1. The fraction of sp³-hybridized carbons (Fsp3) is 0.500. The smallest absolute Gasteiger partial charge is 0.263 e. The van der Waals surface area contributed by atoms with Gasteiger partial charge in [0.2, 0.25) is 0 Å². The van der Waals surface area contributed by atoms with E-state index in [0.717, 1.165) is 24.3 Å². The number of hydrogen-bond donors (Lipinski definition) is 2. The normalized spacial score (nSPS) is 23.3. The van der Waals surface area contributed by atoms with E-state index in [4.69, 9.17) is 11.5 Å². The number of hydrogen-bond acceptors (Lipinski definition) is 4. The summed E-state index contributed by atoms with van der Waals surface area (Å²) < 4.78 is 0. The van der Waals surface area contributed by atoms with Crippen LogP contribution in [0.4, 0.5) is 0 Å². The Morgan fingerprint density at radius 1 is 1.44 bits per heavy atom. The van der Waals surface area contributed by atoms with Crippen LogP contribution in [0.2, 0.25) is 0 Å². The van der Waals surface area contributed by atoms with Gasteiger partial charge in [0.25, 0.3) is 11.8 Å². The van der Waals surface area contributed by atoms with Gasteiger partial charge in [-0.15, -0.1) is 11.3 Å². The van der Waals surface area contributed by atoms with E-state index in [-0.39, 0.29) is 11.3 Å². The monoisotopic (exact) mass is 267 g/mol. The number of likely N-dealkylation sites (tertiary alicyclic amines) is 1. The third-order valence-corrected chi connectivity index (χ3v) is 4.49. The number of nitrogens with zero attached hydrogens (tertiary/aromatic N) is 1. The third-order valence-electron chi connectivity index (χ3n) is 3.40. The summed E-state index contributed by atoms with van der Waals surface area (Å²) in [7, 11) is 0. The van der Waals surface area contributed by atoms with Gasteiger partial charge in [0, 0.05) is 13.1 Å². The SMILES string of the molecule is CC1(CN)CCN(C(=O)c2ccc(C(N)=O)s2)C1. The van der Waals surface area contributed by atoms with Crippen molar-refractivity contribution in [2.75, 3.05) is 19.6 Å². The number of carbonyl (C=O) groups is 2. The highest BCUT2D eigenvalue weighted by Gasteiger charge is 2.35. The summed E-state index contributed by atoms with van der Waals surface area (Å²) >= 11 is 1.15. The lowest BCUT2D eigenvalue weighted by Gasteiger charge is -2.22. The molecule has 5 nitrogen and oxygen atoms in total. The van der Waals surface area contributed by atoms with Gasteiger partial charge >= 0.3 is 0 Å². The van der Waals surface area contributed by atoms with Crippen molar-refractivity contribution in [2.45, 2.75) is 13.3 Å². The Kier molecular flexibility index (Phi) is 3.41. The molecule has 0 bridgehead atoms. The molecule has 1 fully saturated rings. The largest absolute Gasteiger partial charge is 0.365 e. The Morgan fingerprint density at radius 3 is 2.61 bits per heavy atom. The van der Waals surface area contributed by atoms with Crippen LogP contribution in [0, 0.1) is 5.41 Å². The lowest BCUT2D eigenvalue weighted by atomic mass is 9.90. The zero-order valence-corrected chi connectivity index (χ0v) is 11.1. The van der Waals surface area contributed by atoms with Gasteiger partial charge < -0.3 is 16.4 Å². The topological polar surface area (TPSA) is 89.4 Å². The molecule has 0 aliphatic carbocycles. The number of carbonyl (C=O) groups excluding carboxylic acids is 2. The molecular weight excluding hydrogens is 250 g/mol. The summed E-state index contributed by atoms with van der Waals surface area (Å²) in [4.78, 5) is 26.0. The van der Waals surface area contributed by atoms with Gasteiger partial charge in [-0.2, -0.15) is 0 Å². The average Bonchev–Trinajstić information content (AvgIpc) is 2.95. The highest BCUT2D eigenvalue weighted by atomic mass is 32.1. The van der Waals surface area contributed by atoms with E-state index in [2.05, 4.69) is 6.92 Å². The van der Waals surface area contributed by atoms with E-state index in [0.29, 0.717) is 22.8 Å². The predicted octanol–water partition coefficient (Wildman–Crippen LogP) is 0.658. The Labute approximate surface area is 110 Å². The maximum atomic E-state index is 12.2. The minimum atomic E-state index is -0.493. The molecule has 18 heavy (non-hydrogen) atoms. The summed E-state index contributed by atoms with van der Waals surface area (Å²) in [6.45, 7) is 4.06. The average molecular weight is 267 g/mol. The van der Waals surface area contributed by atoms with Crippen LogP contribution in [0.1, 0.15) is 32.7 Å². The maximum absolute atomic E-state index is 12.2. The summed E-state index contributed by atoms with van der Waals surface area (Å²) in [5, 5.41) is 0. The molecule has 1 aromatic heterocycles. The molecule has 0 spiro atoms. The molecule has 0 aromatic carbocycles. The van der Waals surface area contributed by atoms with Crippen LogP contribution in [-0.2, 0) is 0 Å². The first-order valence-electron chi connectivity index (χ1n) is 5.84. The highest BCUT2D eigenvalue weighted by molar-refractivity contribution is 7.15. The maximum Gasteiger partial charge on any atom is 0.263 e. The second-order valence-electron chi connectivity index (χ2n) is 5.02. The summed E-state index contributed by atoms with van der Waals surface area (Å²) in [5.41, 5.74) is 10.9. The van der Waals surface area contributed by atoms with Crippen molar-refractivity contribution in [3.63, 3.8) is 0 Å².